The highest BCUT2D eigenvalue weighted by Crippen LogP contribution is 2.42. The van der Waals surface area contributed by atoms with E-state index in [9.17, 15) is 9.59 Å². The zero-order valence-corrected chi connectivity index (χ0v) is 16.1. The van der Waals surface area contributed by atoms with E-state index in [1.54, 1.807) is 0 Å². The first-order chi connectivity index (χ1) is 12.6. The van der Waals surface area contributed by atoms with E-state index in [1.807, 2.05) is 24.3 Å². The number of benzene rings is 1. The monoisotopic (exact) mass is 376 g/mol. The number of rotatable bonds is 6. The third-order valence-electron chi connectivity index (χ3n) is 5.69. The molecule has 2 atom stereocenters. The molecule has 26 heavy (non-hydrogen) atoms. The molecule has 2 aliphatic carbocycles. The summed E-state index contributed by atoms with van der Waals surface area (Å²) >= 11 is 1.50. The fourth-order valence-corrected chi connectivity index (χ4v) is 5.10. The SMILES string of the molecule is COC(=O)CSCc1cccc(NC(=O)C2CC3CCCC(C2)C3N)c1. The fourth-order valence-electron chi connectivity index (χ4n) is 4.30. The Hall–Kier alpha value is -1.53. The number of nitrogens with one attached hydrogen (secondary N) is 1. The molecule has 6 heteroatoms. The smallest absolute Gasteiger partial charge is 0.315 e. The Morgan fingerprint density at radius 2 is 2.00 bits per heavy atom. The topological polar surface area (TPSA) is 81.4 Å². The lowest BCUT2D eigenvalue weighted by molar-refractivity contribution is -0.137. The van der Waals surface area contributed by atoms with Gasteiger partial charge < -0.3 is 15.8 Å². The van der Waals surface area contributed by atoms with Gasteiger partial charge in [0.25, 0.3) is 0 Å². The van der Waals surface area contributed by atoms with E-state index in [0.29, 0.717) is 23.3 Å². The van der Waals surface area contributed by atoms with E-state index < -0.39 is 0 Å². The van der Waals surface area contributed by atoms with Crippen molar-refractivity contribution in [2.24, 2.45) is 23.5 Å². The summed E-state index contributed by atoms with van der Waals surface area (Å²) in [7, 11) is 1.39. The molecule has 1 aromatic carbocycles. The van der Waals surface area contributed by atoms with Crippen LogP contribution in [0.2, 0.25) is 0 Å². The number of hydrogen-bond donors (Lipinski definition) is 2. The van der Waals surface area contributed by atoms with Crippen molar-refractivity contribution in [3.63, 3.8) is 0 Å². The summed E-state index contributed by atoms with van der Waals surface area (Å²) < 4.78 is 4.64. The third-order valence-corrected chi connectivity index (χ3v) is 6.67. The van der Waals surface area contributed by atoms with Crippen LogP contribution in [0.3, 0.4) is 0 Å². The molecule has 3 N–H and O–H groups in total. The quantitative estimate of drug-likeness (QED) is 0.745. The standard InChI is InChI=1S/C20H28N2O3S/c1-25-18(23)12-26-11-13-4-2-7-17(8-13)22-20(24)16-9-14-5-3-6-15(10-16)19(14)21/h2,4,7-8,14-16,19H,3,5-6,9-12,21H2,1H3,(H,22,24). The van der Waals surface area contributed by atoms with Crippen LogP contribution in [0, 0.1) is 17.8 Å². The molecular weight excluding hydrogens is 348 g/mol. The molecule has 0 spiro atoms. The maximum Gasteiger partial charge on any atom is 0.315 e. The summed E-state index contributed by atoms with van der Waals surface area (Å²) in [5.74, 6) is 2.01. The second-order valence-electron chi connectivity index (χ2n) is 7.46. The Labute approximate surface area is 159 Å². The van der Waals surface area contributed by atoms with Crippen LogP contribution >= 0.6 is 11.8 Å². The molecule has 2 aliphatic rings. The van der Waals surface area contributed by atoms with Gasteiger partial charge in [0.2, 0.25) is 5.91 Å². The number of nitrogens with two attached hydrogens (primary N) is 1. The van der Waals surface area contributed by atoms with Gasteiger partial charge in [0.05, 0.1) is 12.9 Å². The lowest BCUT2D eigenvalue weighted by Crippen LogP contribution is -2.48. The van der Waals surface area contributed by atoms with E-state index in [2.05, 4.69) is 10.1 Å². The maximum atomic E-state index is 12.7. The van der Waals surface area contributed by atoms with Gasteiger partial charge in [-0.2, -0.15) is 0 Å². The molecule has 2 unspecified atom stereocenters. The number of fused-ring (bicyclic) bond motifs is 2. The second-order valence-corrected chi connectivity index (χ2v) is 8.44. The highest BCUT2D eigenvalue weighted by atomic mass is 32.2. The minimum atomic E-state index is -0.222. The first-order valence-corrected chi connectivity index (χ1v) is 10.5. The number of hydrogen-bond acceptors (Lipinski definition) is 5. The van der Waals surface area contributed by atoms with Crippen molar-refractivity contribution < 1.29 is 14.3 Å². The van der Waals surface area contributed by atoms with Gasteiger partial charge in [-0.05, 0) is 55.2 Å². The normalized spacial score (nSPS) is 27.6. The minimum Gasteiger partial charge on any atom is -0.468 e. The number of carbonyl (C=O) groups is 2. The van der Waals surface area contributed by atoms with Gasteiger partial charge in [-0.1, -0.05) is 18.6 Å². The lowest BCUT2D eigenvalue weighted by Gasteiger charge is -2.43. The summed E-state index contributed by atoms with van der Waals surface area (Å²) in [4.78, 5) is 23.9. The maximum absolute atomic E-state index is 12.7. The lowest BCUT2D eigenvalue weighted by atomic mass is 9.65. The van der Waals surface area contributed by atoms with Crippen LogP contribution in [0.25, 0.3) is 0 Å². The molecule has 2 fully saturated rings. The Bertz CT molecular complexity index is 638. The average Bonchev–Trinajstić information content (AvgIpc) is 2.61. The van der Waals surface area contributed by atoms with Crippen LogP contribution in [0.5, 0.6) is 0 Å². The molecule has 0 heterocycles. The molecule has 0 saturated heterocycles. The molecule has 2 bridgehead atoms. The van der Waals surface area contributed by atoms with E-state index in [0.717, 1.165) is 36.9 Å². The predicted octanol–water partition coefficient (Wildman–Crippen LogP) is 3.18. The van der Waals surface area contributed by atoms with Crippen LogP contribution in [0.1, 0.15) is 37.7 Å². The van der Waals surface area contributed by atoms with Gasteiger partial charge >= 0.3 is 5.97 Å². The second kappa shape index (κ2) is 8.91. The van der Waals surface area contributed by atoms with E-state index in [4.69, 9.17) is 5.73 Å². The number of methoxy groups -OCH3 is 1. The van der Waals surface area contributed by atoms with Crippen LogP contribution in [0.15, 0.2) is 24.3 Å². The predicted molar refractivity (Wildman–Crippen MR) is 105 cm³/mol. The first-order valence-electron chi connectivity index (χ1n) is 9.36. The van der Waals surface area contributed by atoms with Crippen molar-refractivity contribution in [1.82, 2.24) is 0 Å². The van der Waals surface area contributed by atoms with E-state index >= 15 is 0 Å². The highest BCUT2D eigenvalue weighted by Gasteiger charge is 2.40. The molecule has 0 aliphatic heterocycles. The van der Waals surface area contributed by atoms with Crippen molar-refractivity contribution in [3.8, 4) is 0 Å². The number of amides is 1. The zero-order valence-electron chi connectivity index (χ0n) is 15.3. The molecule has 0 radical (unpaired) electrons. The third kappa shape index (κ3) is 4.80. The first kappa shape index (κ1) is 19.2. The summed E-state index contributed by atoms with van der Waals surface area (Å²) in [5.41, 5.74) is 8.24. The fraction of sp³-hybridized carbons (Fsp3) is 0.600. The summed E-state index contributed by atoms with van der Waals surface area (Å²) in [6.45, 7) is 0. The van der Waals surface area contributed by atoms with Crippen molar-refractivity contribution >= 4 is 29.3 Å². The molecule has 0 aromatic heterocycles. The van der Waals surface area contributed by atoms with E-state index in [1.165, 1.54) is 25.3 Å². The molecule has 1 amide bonds. The van der Waals surface area contributed by atoms with Gasteiger partial charge in [-0.25, -0.2) is 0 Å². The Kier molecular flexibility index (Phi) is 6.59. The number of esters is 1. The molecule has 3 rings (SSSR count). The number of anilines is 1. The molecule has 1 aromatic rings. The zero-order chi connectivity index (χ0) is 18.5. The molecule has 5 nitrogen and oxygen atoms in total. The van der Waals surface area contributed by atoms with Crippen LogP contribution in [-0.4, -0.2) is 30.8 Å². The Morgan fingerprint density at radius 3 is 2.69 bits per heavy atom. The van der Waals surface area contributed by atoms with Gasteiger partial charge in [-0.15, -0.1) is 11.8 Å². The largest absolute Gasteiger partial charge is 0.468 e. The van der Waals surface area contributed by atoms with E-state index in [-0.39, 0.29) is 23.8 Å². The van der Waals surface area contributed by atoms with Crippen LogP contribution in [0.4, 0.5) is 5.69 Å². The highest BCUT2D eigenvalue weighted by molar-refractivity contribution is 7.99. The Balaban J connectivity index is 1.54. The minimum absolute atomic E-state index is 0.0717. The summed E-state index contributed by atoms with van der Waals surface area (Å²) in [6, 6.07) is 8.13. The van der Waals surface area contributed by atoms with Crippen molar-refractivity contribution in [1.29, 1.82) is 0 Å². The van der Waals surface area contributed by atoms with Gasteiger partial charge in [-0.3, -0.25) is 9.59 Å². The average molecular weight is 377 g/mol. The van der Waals surface area contributed by atoms with Crippen molar-refractivity contribution in [2.75, 3.05) is 18.2 Å². The number of carbonyl (C=O) groups excluding carboxylic acids is 2. The number of thioether (sulfide) groups is 1. The van der Waals surface area contributed by atoms with Gasteiger partial charge in [0.1, 0.15) is 0 Å². The number of ether oxygens (including phenoxy) is 1. The molecular formula is C20H28N2O3S. The summed E-state index contributed by atoms with van der Waals surface area (Å²) in [6.07, 6.45) is 5.40. The molecule has 2 saturated carbocycles. The molecule has 142 valence electrons. The van der Waals surface area contributed by atoms with Gasteiger partial charge in [0.15, 0.2) is 0 Å². The van der Waals surface area contributed by atoms with Crippen molar-refractivity contribution in [3.05, 3.63) is 29.8 Å². The van der Waals surface area contributed by atoms with Crippen molar-refractivity contribution in [2.45, 2.75) is 43.9 Å². The van der Waals surface area contributed by atoms with Gasteiger partial charge in [0, 0.05) is 23.4 Å². The summed E-state index contributed by atoms with van der Waals surface area (Å²) in [5, 5.41) is 3.09. The Morgan fingerprint density at radius 1 is 1.27 bits per heavy atom. The van der Waals surface area contributed by atoms with Crippen LogP contribution < -0.4 is 11.1 Å². The van der Waals surface area contributed by atoms with Crippen LogP contribution in [-0.2, 0) is 20.1 Å².